The molecule has 0 bridgehead atoms. The van der Waals surface area contributed by atoms with Gasteiger partial charge in [0.2, 0.25) is 0 Å². The fourth-order valence-electron chi connectivity index (χ4n) is 2.51. The minimum atomic E-state index is -0.0843. The molecule has 2 rings (SSSR count). The van der Waals surface area contributed by atoms with Crippen LogP contribution in [0.5, 0.6) is 0 Å². The number of halogens is 2. The number of nitrogens with one attached hydrogen (secondary N) is 1. The first-order chi connectivity index (χ1) is 12.0. The Morgan fingerprint density at radius 2 is 2.00 bits per heavy atom. The van der Waals surface area contributed by atoms with E-state index in [1.165, 1.54) is 11.3 Å². The Hall–Kier alpha value is -1.14. The van der Waals surface area contributed by atoms with Gasteiger partial charge >= 0.3 is 0 Å². The highest BCUT2D eigenvalue weighted by Gasteiger charge is 2.17. The van der Waals surface area contributed by atoms with Crippen molar-refractivity contribution in [3.05, 3.63) is 38.8 Å². The van der Waals surface area contributed by atoms with Crippen LogP contribution in [0.1, 0.15) is 35.6 Å². The van der Waals surface area contributed by atoms with Gasteiger partial charge in [0.25, 0.3) is 5.91 Å². The lowest BCUT2D eigenvalue weighted by molar-refractivity contribution is 0.0955. The van der Waals surface area contributed by atoms with Crippen LogP contribution in [-0.4, -0.2) is 42.0 Å². The molecule has 2 aromatic rings. The first-order valence-electron chi connectivity index (χ1n) is 8.39. The molecule has 1 aromatic heterocycles. The van der Waals surface area contributed by atoms with E-state index < -0.39 is 0 Å². The zero-order valence-electron chi connectivity index (χ0n) is 14.7. The maximum atomic E-state index is 12.4. The zero-order chi connectivity index (χ0) is 18.4. The third kappa shape index (κ3) is 5.42. The number of hydrogen-bond donors (Lipinski definition) is 1. The fraction of sp³-hybridized carbons (Fsp3) is 0.444. The van der Waals surface area contributed by atoms with Crippen molar-refractivity contribution in [2.45, 2.75) is 27.2 Å². The van der Waals surface area contributed by atoms with Crippen molar-refractivity contribution in [3.8, 4) is 10.6 Å². The molecule has 136 valence electrons. The van der Waals surface area contributed by atoms with Crippen molar-refractivity contribution >= 4 is 40.4 Å². The van der Waals surface area contributed by atoms with Crippen LogP contribution in [0.2, 0.25) is 10.0 Å². The van der Waals surface area contributed by atoms with E-state index >= 15 is 0 Å². The van der Waals surface area contributed by atoms with Gasteiger partial charge in [-0.3, -0.25) is 4.79 Å². The van der Waals surface area contributed by atoms with Crippen molar-refractivity contribution in [1.82, 2.24) is 15.2 Å². The number of hydrogen-bond acceptors (Lipinski definition) is 4. The lowest BCUT2D eigenvalue weighted by atomic mass is 10.2. The van der Waals surface area contributed by atoms with Crippen molar-refractivity contribution in [2.24, 2.45) is 0 Å². The second-order valence-corrected chi connectivity index (χ2v) is 7.54. The van der Waals surface area contributed by atoms with Gasteiger partial charge in [-0.25, -0.2) is 4.98 Å². The summed E-state index contributed by atoms with van der Waals surface area (Å²) in [7, 11) is 0. The van der Waals surface area contributed by atoms with Gasteiger partial charge in [0.05, 0.1) is 10.7 Å². The third-order valence-electron chi connectivity index (χ3n) is 3.99. The molecule has 0 aliphatic rings. The van der Waals surface area contributed by atoms with E-state index in [0.29, 0.717) is 32.2 Å². The van der Waals surface area contributed by atoms with Gasteiger partial charge in [-0.05, 0) is 51.2 Å². The molecule has 1 amide bonds. The van der Waals surface area contributed by atoms with Crippen molar-refractivity contribution in [3.63, 3.8) is 0 Å². The normalized spacial score (nSPS) is 11.1. The van der Waals surface area contributed by atoms with Gasteiger partial charge in [0, 0.05) is 17.1 Å². The molecule has 0 saturated heterocycles. The van der Waals surface area contributed by atoms with Gasteiger partial charge in [-0.15, -0.1) is 11.3 Å². The van der Waals surface area contributed by atoms with E-state index in [1.54, 1.807) is 18.2 Å². The summed E-state index contributed by atoms with van der Waals surface area (Å²) in [6.07, 6.45) is 0.929. The maximum absolute atomic E-state index is 12.4. The number of rotatable bonds is 8. The predicted molar refractivity (Wildman–Crippen MR) is 107 cm³/mol. The molecule has 4 nitrogen and oxygen atoms in total. The summed E-state index contributed by atoms with van der Waals surface area (Å²) in [4.78, 5) is 19.9. The molecular weight excluding hydrogens is 377 g/mol. The van der Waals surface area contributed by atoms with Gasteiger partial charge in [-0.1, -0.05) is 37.0 Å². The van der Waals surface area contributed by atoms with Gasteiger partial charge in [0.15, 0.2) is 0 Å². The van der Waals surface area contributed by atoms with Crippen LogP contribution in [0.15, 0.2) is 18.2 Å². The van der Waals surface area contributed by atoms with Gasteiger partial charge in [0.1, 0.15) is 9.88 Å². The van der Waals surface area contributed by atoms with E-state index in [1.807, 2.05) is 6.92 Å². The summed E-state index contributed by atoms with van der Waals surface area (Å²) >= 11 is 13.6. The fourth-order valence-corrected chi connectivity index (χ4v) is 3.96. The Morgan fingerprint density at radius 1 is 1.28 bits per heavy atom. The largest absolute Gasteiger partial charge is 0.351 e. The molecule has 0 aliphatic carbocycles. The van der Waals surface area contributed by atoms with Crippen LogP contribution in [0.4, 0.5) is 0 Å². The predicted octanol–water partition coefficient (Wildman–Crippen LogP) is 4.89. The molecule has 0 spiro atoms. The Labute approximate surface area is 163 Å². The van der Waals surface area contributed by atoms with E-state index in [4.69, 9.17) is 23.2 Å². The molecule has 0 aliphatic heterocycles. The molecule has 0 unspecified atom stereocenters. The maximum Gasteiger partial charge on any atom is 0.263 e. The number of thiazole rings is 1. The molecule has 0 radical (unpaired) electrons. The van der Waals surface area contributed by atoms with Crippen LogP contribution < -0.4 is 5.32 Å². The number of carbonyl (C=O) groups is 1. The molecule has 1 aromatic carbocycles. The summed E-state index contributed by atoms with van der Waals surface area (Å²) in [6.45, 7) is 9.82. The molecule has 1 N–H and O–H groups in total. The minimum absolute atomic E-state index is 0.0843. The van der Waals surface area contributed by atoms with Gasteiger partial charge in [-0.2, -0.15) is 0 Å². The number of benzene rings is 1. The number of aromatic nitrogens is 1. The average molecular weight is 400 g/mol. The van der Waals surface area contributed by atoms with E-state index in [9.17, 15) is 4.79 Å². The Morgan fingerprint density at radius 3 is 2.68 bits per heavy atom. The smallest absolute Gasteiger partial charge is 0.263 e. The van der Waals surface area contributed by atoms with E-state index in [0.717, 1.165) is 31.6 Å². The number of nitrogens with zero attached hydrogens (tertiary/aromatic N) is 2. The lowest BCUT2D eigenvalue weighted by Gasteiger charge is -2.17. The van der Waals surface area contributed by atoms with E-state index in [-0.39, 0.29) is 5.91 Å². The Balaban J connectivity index is 2.02. The third-order valence-corrected chi connectivity index (χ3v) is 5.75. The lowest BCUT2D eigenvalue weighted by Crippen LogP contribution is -2.29. The number of amides is 1. The first kappa shape index (κ1) is 20.2. The van der Waals surface area contributed by atoms with Crippen molar-refractivity contribution in [1.29, 1.82) is 0 Å². The summed E-state index contributed by atoms with van der Waals surface area (Å²) < 4.78 is 0. The van der Waals surface area contributed by atoms with Crippen LogP contribution in [-0.2, 0) is 0 Å². The SMILES string of the molecule is CCN(CC)CCCNC(=O)c1sc(-c2cc(Cl)ccc2Cl)nc1C. The molecular formula is C18H23Cl2N3OS. The van der Waals surface area contributed by atoms with E-state index in [2.05, 4.69) is 29.0 Å². The quantitative estimate of drug-likeness (QED) is 0.642. The highest BCUT2D eigenvalue weighted by Crippen LogP contribution is 2.34. The highest BCUT2D eigenvalue weighted by atomic mass is 35.5. The minimum Gasteiger partial charge on any atom is -0.351 e. The molecule has 1 heterocycles. The average Bonchev–Trinajstić information content (AvgIpc) is 2.98. The molecule has 0 atom stereocenters. The van der Waals surface area contributed by atoms with Crippen molar-refractivity contribution < 1.29 is 4.79 Å². The van der Waals surface area contributed by atoms with Crippen LogP contribution >= 0.6 is 34.5 Å². The van der Waals surface area contributed by atoms with Crippen LogP contribution in [0, 0.1) is 6.92 Å². The second kappa shape index (κ2) is 9.53. The molecule has 0 saturated carbocycles. The molecule has 7 heteroatoms. The summed E-state index contributed by atoms with van der Waals surface area (Å²) in [6, 6.07) is 5.24. The second-order valence-electron chi connectivity index (χ2n) is 5.69. The topological polar surface area (TPSA) is 45.2 Å². The standard InChI is InChI=1S/C18H23Cl2N3OS/c1-4-23(5-2)10-6-9-21-17(24)16-12(3)22-18(25-16)14-11-13(19)7-8-15(14)20/h7-8,11H,4-6,9-10H2,1-3H3,(H,21,24). The molecule has 25 heavy (non-hydrogen) atoms. The van der Waals surface area contributed by atoms with Crippen LogP contribution in [0.25, 0.3) is 10.6 Å². The number of carbonyl (C=O) groups excluding carboxylic acids is 1. The van der Waals surface area contributed by atoms with Crippen LogP contribution in [0.3, 0.4) is 0 Å². The molecule has 0 fully saturated rings. The highest BCUT2D eigenvalue weighted by molar-refractivity contribution is 7.17. The monoisotopic (exact) mass is 399 g/mol. The van der Waals surface area contributed by atoms with Crippen molar-refractivity contribution in [2.75, 3.05) is 26.2 Å². The zero-order valence-corrected chi connectivity index (χ0v) is 17.1. The first-order valence-corrected chi connectivity index (χ1v) is 9.96. The summed E-state index contributed by atoms with van der Waals surface area (Å²) in [5.74, 6) is -0.0843. The Kier molecular flexibility index (Phi) is 7.69. The Bertz CT molecular complexity index is 729. The van der Waals surface area contributed by atoms with Gasteiger partial charge < -0.3 is 10.2 Å². The summed E-state index contributed by atoms with van der Waals surface area (Å²) in [5, 5.41) is 4.85. The number of aryl methyl sites for hydroxylation is 1. The summed E-state index contributed by atoms with van der Waals surface area (Å²) in [5.41, 5.74) is 1.46.